The molecule has 192 valence electrons. The highest BCUT2D eigenvalue weighted by atomic mass is 16.5. The second-order valence-electron chi connectivity index (χ2n) is 9.38. The molecule has 1 aromatic heterocycles. The third-order valence-corrected chi connectivity index (χ3v) is 6.94. The number of methoxy groups -OCH3 is 1. The van der Waals surface area contributed by atoms with Gasteiger partial charge in [-0.3, -0.25) is 9.59 Å². The first-order chi connectivity index (χ1) is 17.6. The molecule has 0 atom stereocenters. The summed E-state index contributed by atoms with van der Waals surface area (Å²) < 4.78 is 10.8. The first-order valence-electron chi connectivity index (χ1n) is 12.9. The van der Waals surface area contributed by atoms with Crippen molar-refractivity contribution in [1.82, 2.24) is 14.8 Å². The van der Waals surface area contributed by atoms with Gasteiger partial charge >= 0.3 is 0 Å². The second-order valence-corrected chi connectivity index (χ2v) is 9.38. The summed E-state index contributed by atoms with van der Waals surface area (Å²) in [5.41, 5.74) is 3.30. The Morgan fingerprint density at radius 3 is 2.50 bits per heavy atom. The van der Waals surface area contributed by atoms with E-state index in [4.69, 9.17) is 9.47 Å². The van der Waals surface area contributed by atoms with E-state index in [0.717, 1.165) is 42.5 Å². The Labute approximate surface area is 213 Å². The average molecular weight is 492 g/mol. The maximum Gasteiger partial charge on any atom is 0.242 e. The molecule has 0 spiro atoms. The van der Waals surface area contributed by atoms with Crippen LogP contribution in [0.15, 0.2) is 54.7 Å². The zero-order valence-corrected chi connectivity index (χ0v) is 21.4. The van der Waals surface area contributed by atoms with E-state index in [-0.39, 0.29) is 24.3 Å². The van der Waals surface area contributed by atoms with Crippen LogP contribution in [0.4, 0.5) is 0 Å². The Balaban J connectivity index is 1.49. The predicted octanol–water partition coefficient (Wildman–Crippen LogP) is 4.41. The molecule has 1 saturated carbocycles. The molecule has 2 amide bonds. The highest BCUT2D eigenvalue weighted by molar-refractivity contribution is 5.86. The first-order valence-corrected chi connectivity index (χ1v) is 12.9. The minimum atomic E-state index is -0.0486. The molecular weight excluding hydrogens is 454 g/mol. The van der Waals surface area contributed by atoms with Crippen molar-refractivity contribution in [2.24, 2.45) is 5.92 Å². The van der Waals surface area contributed by atoms with Crippen molar-refractivity contribution >= 4 is 22.7 Å². The second kappa shape index (κ2) is 12.6. The van der Waals surface area contributed by atoms with E-state index in [9.17, 15) is 9.59 Å². The summed E-state index contributed by atoms with van der Waals surface area (Å²) in [6.07, 6.45) is 5.65. The lowest BCUT2D eigenvalue weighted by molar-refractivity contribution is -0.145. The highest BCUT2D eigenvalue weighted by Crippen LogP contribution is 2.28. The van der Waals surface area contributed by atoms with Crippen molar-refractivity contribution in [1.29, 1.82) is 0 Å². The van der Waals surface area contributed by atoms with Crippen LogP contribution in [-0.2, 0) is 27.3 Å². The van der Waals surface area contributed by atoms with Crippen LogP contribution in [0.5, 0.6) is 5.75 Å². The van der Waals surface area contributed by atoms with Gasteiger partial charge in [0.2, 0.25) is 11.8 Å². The number of hydrogen-bond donors (Lipinski definition) is 1. The lowest BCUT2D eigenvalue weighted by Gasteiger charge is -2.33. The van der Waals surface area contributed by atoms with Crippen molar-refractivity contribution in [3.8, 4) is 5.75 Å². The fourth-order valence-corrected chi connectivity index (χ4v) is 4.61. The summed E-state index contributed by atoms with van der Waals surface area (Å²) in [6.45, 7) is 4.52. The zero-order chi connectivity index (χ0) is 25.3. The Morgan fingerprint density at radius 1 is 1.03 bits per heavy atom. The molecule has 0 radical (unpaired) electrons. The van der Waals surface area contributed by atoms with E-state index in [2.05, 4.69) is 17.1 Å². The number of fused-ring (bicyclic) bond motifs is 1. The lowest BCUT2D eigenvalue weighted by Crippen LogP contribution is -2.47. The summed E-state index contributed by atoms with van der Waals surface area (Å²) >= 11 is 0. The normalized spacial score (nSPS) is 13.4. The number of nitrogens with one attached hydrogen (secondary N) is 1. The highest BCUT2D eigenvalue weighted by Gasteiger charge is 2.31. The SMILES string of the molecule is CCOc1ccc(CN(CCc2c[nH]c3ccccc23)C(=O)CN(CCOC)C(=O)C2CCC2)cc1. The van der Waals surface area contributed by atoms with Gasteiger partial charge in [-0.15, -0.1) is 0 Å². The quantitative estimate of drug-likeness (QED) is 0.384. The van der Waals surface area contributed by atoms with E-state index in [1.807, 2.05) is 54.4 Å². The van der Waals surface area contributed by atoms with Gasteiger partial charge in [-0.05, 0) is 55.5 Å². The fraction of sp³-hybridized carbons (Fsp3) is 0.448. The standard InChI is InChI=1S/C29H37N3O4/c1-3-36-25-13-11-22(12-14-25)20-31(16-15-24-19-30-27-10-5-4-9-26(24)27)28(33)21-32(17-18-35-2)29(34)23-7-6-8-23/h4-5,9-14,19,23,30H,3,6-8,15-18,20-21H2,1-2H3. The van der Waals surface area contributed by atoms with Crippen molar-refractivity contribution in [3.63, 3.8) is 0 Å². The molecule has 1 heterocycles. The molecule has 7 nitrogen and oxygen atoms in total. The van der Waals surface area contributed by atoms with Crippen molar-refractivity contribution in [2.75, 3.05) is 40.0 Å². The molecule has 7 heteroatoms. The van der Waals surface area contributed by atoms with Crippen molar-refractivity contribution < 1.29 is 19.1 Å². The zero-order valence-electron chi connectivity index (χ0n) is 21.4. The van der Waals surface area contributed by atoms with Crippen LogP contribution in [0.3, 0.4) is 0 Å². The molecule has 0 unspecified atom stereocenters. The van der Waals surface area contributed by atoms with Crippen LogP contribution in [0.25, 0.3) is 10.9 Å². The van der Waals surface area contributed by atoms with Crippen molar-refractivity contribution in [2.45, 2.75) is 39.2 Å². The van der Waals surface area contributed by atoms with Crippen LogP contribution in [0.1, 0.15) is 37.3 Å². The smallest absolute Gasteiger partial charge is 0.242 e. The Bertz CT molecular complexity index is 1140. The Morgan fingerprint density at radius 2 is 1.81 bits per heavy atom. The maximum absolute atomic E-state index is 13.6. The van der Waals surface area contributed by atoms with Gasteiger partial charge in [-0.25, -0.2) is 0 Å². The van der Waals surface area contributed by atoms with Gasteiger partial charge < -0.3 is 24.3 Å². The van der Waals surface area contributed by atoms with E-state index < -0.39 is 0 Å². The number of hydrogen-bond acceptors (Lipinski definition) is 4. The van der Waals surface area contributed by atoms with Crippen LogP contribution in [0, 0.1) is 5.92 Å². The minimum absolute atomic E-state index is 0.0421. The third-order valence-electron chi connectivity index (χ3n) is 6.94. The predicted molar refractivity (Wildman–Crippen MR) is 141 cm³/mol. The Kier molecular flexibility index (Phi) is 9.01. The molecule has 3 aromatic rings. The number of aromatic nitrogens is 1. The molecule has 0 saturated heterocycles. The molecule has 36 heavy (non-hydrogen) atoms. The Hall–Kier alpha value is -3.32. The molecule has 0 bridgehead atoms. The summed E-state index contributed by atoms with van der Waals surface area (Å²) in [6, 6.07) is 16.1. The summed E-state index contributed by atoms with van der Waals surface area (Å²) in [7, 11) is 1.62. The lowest BCUT2D eigenvalue weighted by atomic mass is 9.84. The monoisotopic (exact) mass is 491 g/mol. The molecule has 2 aromatic carbocycles. The molecule has 0 aliphatic heterocycles. The minimum Gasteiger partial charge on any atom is -0.494 e. The van der Waals surface area contributed by atoms with Gasteiger partial charge in [0.15, 0.2) is 0 Å². The number of carbonyl (C=O) groups excluding carboxylic acids is 2. The van der Waals surface area contributed by atoms with Crippen LogP contribution in [-0.4, -0.2) is 66.6 Å². The number of H-pyrrole nitrogens is 1. The topological polar surface area (TPSA) is 74.9 Å². The fourth-order valence-electron chi connectivity index (χ4n) is 4.61. The summed E-state index contributed by atoms with van der Waals surface area (Å²) in [5.74, 6) is 0.881. The molecule has 1 N–H and O–H groups in total. The number of nitrogens with zero attached hydrogens (tertiary/aromatic N) is 2. The number of amides is 2. The number of carbonyl (C=O) groups is 2. The van der Waals surface area contributed by atoms with E-state index in [1.54, 1.807) is 12.0 Å². The largest absolute Gasteiger partial charge is 0.494 e. The number of aromatic amines is 1. The van der Waals surface area contributed by atoms with Gasteiger partial charge in [0.05, 0.1) is 19.8 Å². The molecule has 1 aliphatic rings. The van der Waals surface area contributed by atoms with Gasteiger partial charge in [0, 0.05) is 49.8 Å². The van der Waals surface area contributed by atoms with Crippen LogP contribution >= 0.6 is 0 Å². The number of para-hydroxylation sites is 1. The number of rotatable bonds is 13. The van der Waals surface area contributed by atoms with E-state index >= 15 is 0 Å². The molecule has 1 fully saturated rings. The van der Waals surface area contributed by atoms with Gasteiger partial charge in [0.25, 0.3) is 0 Å². The molecule has 1 aliphatic carbocycles. The molecule has 4 rings (SSSR count). The number of benzene rings is 2. The van der Waals surface area contributed by atoms with Gasteiger partial charge in [-0.1, -0.05) is 36.8 Å². The maximum atomic E-state index is 13.6. The summed E-state index contributed by atoms with van der Waals surface area (Å²) in [4.78, 5) is 33.5. The first kappa shape index (κ1) is 25.8. The van der Waals surface area contributed by atoms with Gasteiger partial charge in [0.1, 0.15) is 5.75 Å². The summed E-state index contributed by atoms with van der Waals surface area (Å²) in [5, 5.41) is 1.17. The van der Waals surface area contributed by atoms with Crippen molar-refractivity contribution in [3.05, 3.63) is 65.9 Å². The van der Waals surface area contributed by atoms with E-state index in [1.165, 1.54) is 10.9 Å². The number of ether oxygens (including phenoxy) is 2. The van der Waals surface area contributed by atoms with Crippen LogP contribution < -0.4 is 4.74 Å². The average Bonchev–Trinajstić information content (AvgIpc) is 3.27. The third kappa shape index (κ3) is 6.46. The van der Waals surface area contributed by atoms with E-state index in [0.29, 0.717) is 32.8 Å². The van der Waals surface area contributed by atoms with Crippen LogP contribution in [0.2, 0.25) is 0 Å². The van der Waals surface area contributed by atoms with Gasteiger partial charge in [-0.2, -0.15) is 0 Å². The molecular formula is C29H37N3O4.